The Balaban J connectivity index is 2.15. The highest BCUT2D eigenvalue weighted by atomic mass is 32.1. The van der Waals surface area contributed by atoms with E-state index in [9.17, 15) is 0 Å². The van der Waals surface area contributed by atoms with Crippen LogP contribution in [0.2, 0.25) is 0 Å². The van der Waals surface area contributed by atoms with Crippen LogP contribution in [0.25, 0.3) is 0 Å². The van der Waals surface area contributed by atoms with Crippen LogP contribution in [0.5, 0.6) is 0 Å². The molecule has 0 unspecified atom stereocenters. The first-order valence-corrected chi connectivity index (χ1v) is 10.4. The Morgan fingerprint density at radius 2 is 1.66 bits per heavy atom. The van der Waals surface area contributed by atoms with Crippen LogP contribution in [0.4, 0.5) is 0 Å². The maximum atomic E-state index is 6.04. The summed E-state index contributed by atoms with van der Waals surface area (Å²) in [7, 11) is 0. The van der Waals surface area contributed by atoms with Gasteiger partial charge in [0, 0.05) is 26.2 Å². The molecule has 0 amide bonds. The summed E-state index contributed by atoms with van der Waals surface area (Å²) < 4.78 is 11.4. The Hall–Kier alpha value is -2.08. The molecular formula is C18H29N7O2S2. The summed E-state index contributed by atoms with van der Waals surface area (Å²) in [6, 6.07) is 3.83. The van der Waals surface area contributed by atoms with Crippen molar-refractivity contribution in [2.75, 3.05) is 39.4 Å². The molecule has 9 nitrogen and oxygen atoms in total. The van der Waals surface area contributed by atoms with Gasteiger partial charge in [0.1, 0.15) is 11.5 Å². The van der Waals surface area contributed by atoms with Gasteiger partial charge in [-0.1, -0.05) is 0 Å². The van der Waals surface area contributed by atoms with Crippen molar-refractivity contribution in [1.29, 1.82) is 0 Å². The number of furan rings is 1. The summed E-state index contributed by atoms with van der Waals surface area (Å²) in [5.41, 5.74) is 6.77. The quantitative estimate of drug-likeness (QED) is 0.270. The minimum Gasteiger partial charge on any atom is -0.458 e. The highest BCUT2D eigenvalue weighted by Gasteiger charge is 2.17. The number of nitrogens with zero attached hydrogens (tertiary/aromatic N) is 3. The van der Waals surface area contributed by atoms with Crippen molar-refractivity contribution < 1.29 is 9.15 Å². The first kappa shape index (κ1) is 23.2. The maximum Gasteiger partial charge on any atom is 0.186 e. The summed E-state index contributed by atoms with van der Waals surface area (Å²) >= 11 is 10.4. The van der Waals surface area contributed by atoms with Crippen LogP contribution >= 0.6 is 24.4 Å². The molecule has 0 atom stereocenters. The van der Waals surface area contributed by atoms with Gasteiger partial charge in [-0.25, -0.2) is 0 Å². The summed E-state index contributed by atoms with van der Waals surface area (Å²) in [5.74, 6) is 1.45. The molecule has 1 aliphatic heterocycles. The molecule has 1 aromatic rings. The fourth-order valence-corrected chi connectivity index (χ4v) is 2.96. The van der Waals surface area contributed by atoms with Crippen LogP contribution in [0.15, 0.2) is 26.8 Å². The van der Waals surface area contributed by atoms with Crippen LogP contribution in [0.1, 0.15) is 32.3 Å². The third-order valence-corrected chi connectivity index (χ3v) is 4.46. The van der Waals surface area contributed by atoms with E-state index in [0.717, 1.165) is 38.6 Å². The predicted molar refractivity (Wildman–Crippen MR) is 123 cm³/mol. The molecule has 2 heterocycles. The summed E-state index contributed by atoms with van der Waals surface area (Å²) in [6.45, 7) is 11.1. The molecule has 0 saturated carbocycles. The monoisotopic (exact) mass is 439 g/mol. The second kappa shape index (κ2) is 12.5. The van der Waals surface area contributed by atoms with Gasteiger partial charge < -0.3 is 19.8 Å². The number of hydrogen-bond acceptors (Lipinski definition) is 7. The fraction of sp³-hybridized carbons (Fsp3) is 0.556. The zero-order chi connectivity index (χ0) is 21.1. The van der Waals surface area contributed by atoms with Crippen molar-refractivity contribution in [3.8, 4) is 0 Å². The van der Waals surface area contributed by atoms with E-state index in [1.165, 1.54) is 0 Å². The molecule has 1 aliphatic rings. The van der Waals surface area contributed by atoms with Crippen LogP contribution < -0.4 is 21.5 Å². The van der Waals surface area contributed by atoms with Gasteiger partial charge >= 0.3 is 0 Å². The van der Waals surface area contributed by atoms with Gasteiger partial charge in [0.2, 0.25) is 0 Å². The van der Waals surface area contributed by atoms with E-state index in [4.69, 9.17) is 33.6 Å². The zero-order valence-electron chi connectivity index (χ0n) is 17.1. The van der Waals surface area contributed by atoms with E-state index >= 15 is 0 Å². The molecule has 160 valence electrons. The first-order chi connectivity index (χ1) is 14.0. The minimum absolute atomic E-state index is 0.425. The molecule has 2 rings (SSSR count). The van der Waals surface area contributed by atoms with Crippen LogP contribution in [-0.4, -0.2) is 65.9 Å². The standard InChI is InChI=1S/C18H29N7O2S2/c1-4-19-17(28)23-21-13(3)16(22-24-18(29)20-5-2)15-7-6-14(27-15)12-25-8-10-26-11-9-25/h6-7H,4-5,8-12H2,1-3H3,(H2,19,23,28)(H2,20,24,29)/b21-13+,22-16+. The van der Waals surface area contributed by atoms with Gasteiger partial charge in [0.15, 0.2) is 16.0 Å². The number of rotatable bonds is 8. The number of thiocarbonyl (C=S) groups is 2. The van der Waals surface area contributed by atoms with E-state index in [-0.39, 0.29) is 0 Å². The molecule has 0 aliphatic carbocycles. The smallest absolute Gasteiger partial charge is 0.186 e. The summed E-state index contributed by atoms with van der Waals surface area (Å²) in [4.78, 5) is 2.29. The lowest BCUT2D eigenvalue weighted by Gasteiger charge is -2.25. The SMILES string of the molecule is CCNC(=S)N/N=C(C)/C(=N\NC(=S)NCC)c1ccc(CN2CCOCC2)o1. The van der Waals surface area contributed by atoms with E-state index in [1.54, 1.807) is 0 Å². The average Bonchev–Trinajstić information content (AvgIpc) is 3.16. The van der Waals surface area contributed by atoms with Crippen LogP contribution in [-0.2, 0) is 11.3 Å². The summed E-state index contributed by atoms with van der Waals surface area (Å²) in [6.07, 6.45) is 0. The Bertz CT molecular complexity index is 742. The first-order valence-electron chi connectivity index (χ1n) is 9.62. The van der Waals surface area contributed by atoms with Gasteiger partial charge in [-0.05, 0) is 57.3 Å². The molecule has 0 aromatic carbocycles. The van der Waals surface area contributed by atoms with Crippen LogP contribution in [0.3, 0.4) is 0 Å². The highest BCUT2D eigenvalue weighted by molar-refractivity contribution is 7.80. The number of hydrogen-bond donors (Lipinski definition) is 4. The molecule has 11 heteroatoms. The van der Waals surface area contributed by atoms with Crippen molar-refractivity contribution in [3.05, 3.63) is 23.7 Å². The molecule has 4 N–H and O–H groups in total. The molecule has 0 radical (unpaired) electrons. The lowest BCUT2D eigenvalue weighted by atomic mass is 10.2. The fourth-order valence-electron chi connectivity index (χ4n) is 2.58. The van der Waals surface area contributed by atoms with Gasteiger partial charge in [0.05, 0.1) is 25.5 Å². The van der Waals surface area contributed by atoms with Crippen molar-refractivity contribution in [1.82, 2.24) is 26.4 Å². The van der Waals surface area contributed by atoms with Crippen LogP contribution in [0, 0.1) is 0 Å². The van der Waals surface area contributed by atoms with Crippen molar-refractivity contribution in [2.45, 2.75) is 27.3 Å². The molecule has 29 heavy (non-hydrogen) atoms. The molecular weight excluding hydrogens is 410 g/mol. The predicted octanol–water partition coefficient (Wildman–Crippen LogP) is 1.16. The second-order valence-electron chi connectivity index (χ2n) is 6.25. The number of morpholine rings is 1. The van der Waals surface area contributed by atoms with E-state index in [0.29, 0.717) is 40.5 Å². The highest BCUT2D eigenvalue weighted by Crippen LogP contribution is 2.13. The van der Waals surface area contributed by atoms with Gasteiger partial charge in [-0.15, -0.1) is 0 Å². The lowest BCUT2D eigenvalue weighted by Crippen LogP contribution is -2.35. The Labute approximate surface area is 182 Å². The third kappa shape index (κ3) is 8.05. The van der Waals surface area contributed by atoms with Crippen molar-refractivity contribution >= 4 is 46.1 Å². The van der Waals surface area contributed by atoms with E-state index < -0.39 is 0 Å². The van der Waals surface area contributed by atoms with Crippen molar-refractivity contribution in [3.63, 3.8) is 0 Å². The van der Waals surface area contributed by atoms with Gasteiger partial charge in [-0.2, -0.15) is 10.2 Å². The lowest BCUT2D eigenvalue weighted by molar-refractivity contribution is 0.0313. The third-order valence-electron chi connectivity index (χ3n) is 3.99. The molecule has 1 fully saturated rings. The Morgan fingerprint density at radius 3 is 2.28 bits per heavy atom. The summed E-state index contributed by atoms with van der Waals surface area (Å²) in [5, 5.41) is 15.6. The maximum absolute atomic E-state index is 6.04. The minimum atomic E-state index is 0.425. The number of hydrazone groups is 2. The Kier molecular flexibility index (Phi) is 9.98. The topological polar surface area (TPSA) is 98.5 Å². The largest absolute Gasteiger partial charge is 0.458 e. The molecule has 1 saturated heterocycles. The van der Waals surface area contributed by atoms with E-state index in [1.807, 2.05) is 32.9 Å². The number of nitrogens with one attached hydrogen (secondary N) is 4. The molecule has 0 bridgehead atoms. The number of ether oxygens (including phenoxy) is 1. The zero-order valence-corrected chi connectivity index (χ0v) is 18.7. The van der Waals surface area contributed by atoms with Crippen molar-refractivity contribution in [2.24, 2.45) is 10.2 Å². The second-order valence-corrected chi connectivity index (χ2v) is 7.07. The average molecular weight is 440 g/mol. The van der Waals surface area contributed by atoms with E-state index in [2.05, 4.69) is 36.6 Å². The molecule has 0 spiro atoms. The molecule has 1 aromatic heterocycles. The Morgan fingerprint density at radius 1 is 1.03 bits per heavy atom. The van der Waals surface area contributed by atoms with Gasteiger partial charge in [-0.3, -0.25) is 15.8 Å². The normalized spacial score (nSPS) is 15.7. The van der Waals surface area contributed by atoms with Gasteiger partial charge in [0.25, 0.3) is 0 Å².